The van der Waals surface area contributed by atoms with E-state index in [0.717, 1.165) is 54.6 Å². The van der Waals surface area contributed by atoms with Gasteiger partial charge in [-0.1, -0.05) is 12.8 Å². The van der Waals surface area contributed by atoms with Crippen LogP contribution in [-0.2, 0) is 6.54 Å². The van der Waals surface area contributed by atoms with E-state index in [-0.39, 0.29) is 0 Å². The number of nitrogens with zero attached hydrogens (tertiary/aromatic N) is 4. The maximum atomic E-state index is 5.20. The molecule has 2 fully saturated rings. The predicted molar refractivity (Wildman–Crippen MR) is 110 cm³/mol. The minimum Gasteiger partial charge on any atom is -0.497 e. The maximum absolute atomic E-state index is 5.20. The molecule has 2 atom stereocenters. The zero-order valence-electron chi connectivity index (χ0n) is 16.8. The summed E-state index contributed by atoms with van der Waals surface area (Å²) < 4.78 is 5.20. The number of benzene rings is 1. The minimum absolute atomic E-state index is 0.497. The topological polar surface area (TPSA) is 78.4 Å². The summed E-state index contributed by atoms with van der Waals surface area (Å²) >= 11 is 0. The van der Waals surface area contributed by atoms with Crippen LogP contribution < -0.4 is 10.1 Å². The fourth-order valence-electron chi connectivity index (χ4n) is 4.39. The summed E-state index contributed by atoms with van der Waals surface area (Å²) in [6.07, 6.45) is 5.51. The van der Waals surface area contributed by atoms with E-state index >= 15 is 0 Å². The molecule has 2 heterocycles. The number of aromatic nitrogens is 3. The van der Waals surface area contributed by atoms with Crippen molar-refractivity contribution in [2.75, 3.05) is 26.7 Å². The highest BCUT2D eigenvalue weighted by Crippen LogP contribution is 2.36. The Morgan fingerprint density at radius 3 is 2.57 bits per heavy atom. The lowest BCUT2D eigenvalue weighted by Crippen LogP contribution is -2.40. The molecule has 0 amide bonds. The average molecular weight is 383 g/mol. The summed E-state index contributed by atoms with van der Waals surface area (Å²) in [5.74, 6) is 4.96. The van der Waals surface area contributed by atoms with E-state index in [0.29, 0.717) is 12.4 Å². The van der Waals surface area contributed by atoms with Crippen molar-refractivity contribution in [2.24, 2.45) is 16.8 Å². The van der Waals surface area contributed by atoms with Crippen LogP contribution in [0.5, 0.6) is 5.75 Å². The normalized spacial score (nSPS) is 22.2. The molecule has 7 nitrogen and oxygen atoms in total. The molecule has 1 aromatic carbocycles. The number of methoxy groups -OCH3 is 1. The molecule has 1 aromatic heterocycles. The van der Waals surface area contributed by atoms with E-state index in [1.54, 1.807) is 7.11 Å². The molecule has 2 aromatic rings. The van der Waals surface area contributed by atoms with Crippen LogP contribution in [0.4, 0.5) is 0 Å². The monoisotopic (exact) mass is 382 g/mol. The molecule has 150 valence electrons. The van der Waals surface area contributed by atoms with Gasteiger partial charge in [-0.3, -0.25) is 5.10 Å². The molecular weight excluding hydrogens is 352 g/mol. The molecule has 1 saturated heterocycles. The Morgan fingerprint density at radius 2 is 1.93 bits per heavy atom. The Hall–Kier alpha value is -2.57. The molecule has 28 heavy (non-hydrogen) atoms. The summed E-state index contributed by atoms with van der Waals surface area (Å²) in [4.78, 5) is 11.9. The Morgan fingerprint density at radius 1 is 1.21 bits per heavy atom. The first-order chi connectivity index (χ1) is 13.8. The van der Waals surface area contributed by atoms with Crippen LogP contribution in [0.25, 0.3) is 11.4 Å². The molecule has 0 bridgehead atoms. The Labute approximate surface area is 166 Å². The highest BCUT2D eigenvalue weighted by molar-refractivity contribution is 5.80. The van der Waals surface area contributed by atoms with Gasteiger partial charge in [0.25, 0.3) is 0 Å². The van der Waals surface area contributed by atoms with Crippen molar-refractivity contribution in [1.29, 1.82) is 0 Å². The van der Waals surface area contributed by atoms with Gasteiger partial charge >= 0.3 is 0 Å². The fourth-order valence-corrected chi connectivity index (χ4v) is 4.39. The van der Waals surface area contributed by atoms with Gasteiger partial charge in [-0.25, -0.2) is 9.98 Å². The molecule has 0 spiro atoms. The Bertz CT molecular complexity index is 785. The van der Waals surface area contributed by atoms with Crippen molar-refractivity contribution in [1.82, 2.24) is 25.4 Å². The van der Waals surface area contributed by atoms with Crippen molar-refractivity contribution in [3.63, 3.8) is 0 Å². The lowest BCUT2D eigenvalue weighted by Gasteiger charge is -2.22. The van der Waals surface area contributed by atoms with Crippen LogP contribution in [0.2, 0.25) is 0 Å². The number of ether oxygens (including phenoxy) is 1. The molecule has 2 aliphatic rings. The molecule has 1 aliphatic heterocycles. The van der Waals surface area contributed by atoms with Gasteiger partial charge in [0, 0.05) is 25.2 Å². The van der Waals surface area contributed by atoms with E-state index in [1.165, 1.54) is 25.7 Å². The predicted octanol–water partition coefficient (Wildman–Crippen LogP) is 3.07. The lowest BCUT2D eigenvalue weighted by atomic mass is 9.82. The number of aliphatic imine (C=N–C) groups is 1. The third-order valence-electron chi connectivity index (χ3n) is 5.87. The van der Waals surface area contributed by atoms with E-state index in [1.807, 2.05) is 24.3 Å². The number of H-pyrrole nitrogens is 1. The van der Waals surface area contributed by atoms with E-state index in [9.17, 15) is 0 Å². The van der Waals surface area contributed by atoms with E-state index < -0.39 is 0 Å². The molecule has 4 rings (SSSR count). The van der Waals surface area contributed by atoms with Crippen molar-refractivity contribution >= 4 is 5.96 Å². The molecular formula is C21H30N6O. The van der Waals surface area contributed by atoms with Gasteiger partial charge in [-0.05, 0) is 55.9 Å². The van der Waals surface area contributed by atoms with Crippen LogP contribution in [0, 0.1) is 11.8 Å². The molecule has 1 saturated carbocycles. The van der Waals surface area contributed by atoms with Gasteiger partial charge in [-0.15, -0.1) is 0 Å². The Kier molecular flexibility index (Phi) is 5.78. The number of nitrogens with one attached hydrogen (secondary N) is 2. The molecule has 0 radical (unpaired) electrons. The third kappa shape index (κ3) is 4.13. The number of guanidine groups is 1. The van der Waals surface area contributed by atoms with Crippen molar-refractivity contribution in [3.05, 3.63) is 30.1 Å². The van der Waals surface area contributed by atoms with Gasteiger partial charge in [0.2, 0.25) is 0 Å². The Balaban J connectivity index is 1.43. The first-order valence-electron chi connectivity index (χ1n) is 10.4. The minimum atomic E-state index is 0.497. The van der Waals surface area contributed by atoms with Gasteiger partial charge < -0.3 is 15.0 Å². The second-order valence-corrected chi connectivity index (χ2v) is 7.71. The fraction of sp³-hybridized carbons (Fsp3) is 0.571. The summed E-state index contributed by atoms with van der Waals surface area (Å²) in [6.45, 7) is 5.75. The second-order valence-electron chi connectivity index (χ2n) is 7.71. The first kappa shape index (κ1) is 18.8. The smallest absolute Gasteiger partial charge is 0.194 e. The quantitative estimate of drug-likeness (QED) is 0.614. The van der Waals surface area contributed by atoms with Gasteiger partial charge in [0.05, 0.1) is 7.11 Å². The average Bonchev–Trinajstić information content (AvgIpc) is 3.38. The highest BCUT2D eigenvalue weighted by atomic mass is 16.5. The number of hydrogen-bond donors (Lipinski definition) is 2. The van der Waals surface area contributed by atoms with Crippen molar-refractivity contribution < 1.29 is 4.74 Å². The summed E-state index contributed by atoms with van der Waals surface area (Å²) in [5.41, 5.74) is 0.961. The van der Waals surface area contributed by atoms with Crippen molar-refractivity contribution in [2.45, 2.75) is 39.2 Å². The second kappa shape index (κ2) is 8.63. The largest absolute Gasteiger partial charge is 0.497 e. The number of fused-ring (bicyclic) bond motifs is 1. The van der Waals surface area contributed by atoms with Crippen LogP contribution in [0.1, 0.15) is 38.4 Å². The van der Waals surface area contributed by atoms with Crippen molar-refractivity contribution in [3.8, 4) is 17.1 Å². The molecule has 7 heteroatoms. The number of aromatic amines is 1. The maximum Gasteiger partial charge on any atom is 0.194 e. The van der Waals surface area contributed by atoms with Gasteiger partial charge in [0.15, 0.2) is 11.8 Å². The summed E-state index contributed by atoms with van der Waals surface area (Å²) in [5, 5.41) is 10.8. The first-order valence-corrected chi connectivity index (χ1v) is 10.4. The summed E-state index contributed by atoms with van der Waals surface area (Å²) in [6, 6.07) is 7.76. The molecule has 1 aliphatic carbocycles. The van der Waals surface area contributed by atoms with E-state index in [4.69, 9.17) is 9.73 Å². The molecule has 2 unspecified atom stereocenters. The van der Waals surface area contributed by atoms with Crippen LogP contribution >= 0.6 is 0 Å². The van der Waals surface area contributed by atoms with E-state index in [2.05, 4.69) is 32.3 Å². The molecule has 2 N–H and O–H groups in total. The SMILES string of the molecule is CCNC(=NCc1nc(-c2ccc(OC)cc2)n[nH]1)N1CC2CCCCC2C1. The summed E-state index contributed by atoms with van der Waals surface area (Å²) in [7, 11) is 1.66. The standard InChI is InChI=1S/C21H30N6O/c1-3-22-21(27-13-16-6-4-5-7-17(16)14-27)23-12-19-24-20(26-25-19)15-8-10-18(28-2)11-9-15/h8-11,16-17H,3-7,12-14H2,1-2H3,(H,22,23)(H,24,25,26). The van der Waals surface area contributed by atoms with Crippen LogP contribution in [-0.4, -0.2) is 52.8 Å². The zero-order valence-corrected chi connectivity index (χ0v) is 16.8. The zero-order chi connectivity index (χ0) is 19.3. The highest BCUT2D eigenvalue weighted by Gasteiger charge is 2.35. The van der Waals surface area contributed by atoms with Crippen LogP contribution in [0.3, 0.4) is 0 Å². The number of rotatable bonds is 5. The van der Waals surface area contributed by atoms with Crippen LogP contribution in [0.15, 0.2) is 29.3 Å². The lowest BCUT2D eigenvalue weighted by molar-refractivity contribution is 0.299. The van der Waals surface area contributed by atoms with Gasteiger partial charge in [-0.2, -0.15) is 5.10 Å². The van der Waals surface area contributed by atoms with Gasteiger partial charge in [0.1, 0.15) is 18.1 Å². The number of likely N-dealkylation sites (tertiary alicyclic amines) is 1. The number of hydrogen-bond acceptors (Lipinski definition) is 4. The third-order valence-corrected chi connectivity index (χ3v) is 5.87.